The minimum absolute atomic E-state index is 1.50. The van der Waals surface area contributed by atoms with Crippen LogP contribution < -0.4 is 0 Å². The fourth-order valence-electron chi connectivity index (χ4n) is 3.54. The van der Waals surface area contributed by atoms with E-state index in [0.717, 1.165) is 0 Å². The molecule has 0 nitrogen and oxygen atoms in total. The van der Waals surface area contributed by atoms with Gasteiger partial charge in [-0.3, -0.25) is 0 Å². The van der Waals surface area contributed by atoms with Gasteiger partial charge in [0.15, 0.2) is 0 Å². The highest BCUT2D eigenvalue weighted by molar-refractivity contribution is 4.52. The molecule has 0 radical (unpaired) electrons. The topological polar surface area (TPSA) is 0 Å². The molecule has 1 aliphatic carbocycles. The molecule has 0 heteroatoms. The third kappa shape index (κ3) is 31.7. The summed E-state index contributed by atoms with van der Waals surface area (Å²) in [5, 5.41) is 0. The van der Waals surface area contributed by atoms with Crippen LogP contribution in [0.25, 0.3) is 0 Å². The van der Waals surface area contributed by atoms with Gasteiger partial charge >= 0.3 is 0 Å². The molecule has 0 unspecified atom stereocenters. The van der Waals surface area contributed by atoms with Crippen LogP contribution in [-0.2, 0) is 0 Å². The molecular formula is C26H58. The lowest BCUT2D eigenvalue weighted by molar-refractivity contribution is 0.504. The van der Waals surface area contributed by atoms with Crippen molar-refractivity contribution in [3.63, 3.8) is 0 Å². The lowest BCUT2D eigenvalue weighted by Crippen LogP contribution is -1.85. The first-order chi connectivity index (χ1) is 13.0. The molecule has 0 aromatic carbocycles. The first-order valence-electron chi connectivity index (χ1n) is 13.0. The second-order valence-corrected chi connectivity index (χ2v) is 7.07. The van der Waals surface area contributed by atoms with Gasteiger partial charge in [0.05, 0.1) is 0 Å². The van der Waals surface area contributed by atoms with Crippen LogP contribution in [0.15, 0.2) is 0 Å². The lowest BCUT2D eigenvalue weighted by Gasteiger charge is -2.05. The molecule has 1 aliphatic rings. The number of rotatable bonds is 0. The van der Waals surface area contributed by atoms with Crippen LogP contribution in [0.4, 0.5) is 0 Å². The van der Waals surface area contributed by atoms with E-state index in [1.807, 2.05) is 41.5 Å². The zero-order chi connectivity index (χ0) is 20.1. The molecule has 0 atom stereocenters. The Morgan fingerprint density at radius 3 is 0.231 bits per heavy atom. The first-order valence-corrected chi connectivity index (χ1v) is 13.0. The van der Waals surface area contributed by atoms with Gasteiger partial charge in [0.25, 0.3) is 0 Å². The molecule has 0 bridgehead atoms. The van der Waals surface area contributed by atoms with E-state index < -0.39 is 0 Å². The average Bonchev–Trinajstić information content (AvgIpc) is 2.72. The van der Waals surface area contributed by atoms with Gasteiger partial charge < -0.3 is 0 Å². The Bertz CT molecular complexity index is 86.4. The number of hydrogen-bond donors (Lipinski definition) is 0. The summed E-state index contributed by atoms with van der Waals surface area (Å²) in [7, 11) is 0. The molecular weight excluding hydrogens is 312 g/mol. The second kappa shape index (κ2) is 36.0. The monoisotopic (exact) mass is 370 g/mol. The fraction of sp³-hybridized carbons (Fsp3) is 1.00. The van der Waals surface area contributed by atoms with E-state index in [2.05, 4.69) is 0 Å². The Hall–Kier alpha value is 0. The molecule has 162 valence electrons. The van der Waals surface area contributed by atoms with Crippen molar-refractivity contribution in [1.82, 2.24) is 0 Å². The SMILES string of the molecule is C1CCCCCCCCCCCCCCCCCCC1.CC.CC.CC. The molecule has 1 fully saturated rings. The van der Waals surface area contributed by atoms with E-state index in [1.54, 1.807) is 0 Å². The van der Waals surface area contributed by atoms with Crippen molar-refractivity contribution in [3.05, 3.63) is 0 Å². The van der Waals surface area contributed by atoms with Gasteiger partial charge in [0, 0.05) is 0 Å². The summed E-state index contributed by atoms with van der Waals surface area (Å²) in [4.78, 5) is 0. The standard InChI is InChI=1S/C20H40.3C2H6/c1-2-4-6-8-10-12-14-16-18-20-19-17-15-13-11-9-7-5-3-1;3*1-2/h1-20H2;3*1-2H3. The average molecular weight is 371 g/mol. The molecule has 1 rings (SSSR count). The van der Waals surface area contributed by atoms with Gasteiger partial charge in [-0.25, -0.2) is 0 Å². The van der Waals surface area contributed by atoms with Crippen LogP contribution >= 0.6 is 0 Å². The van der Waals surface area contributed by atoms with Crippen molar-refractivity contribution in [1.29, 1.82) is 0 Å². The Morgan fingerprint density at radius 2 is 0.192 bits per heavy atom. The molecule has 0 aromatic rings. The second-order valence-electron chi connectivity index (χ2n) is 7.07. The zero-order valence-electron chi connectivity index (χ0n) is 20.1. The van der Waals surface area contributed by atoms with Crippen molar-refractivity contribution in [3.8, 4) is 0 Å². The Balaban J connectivity index is -0.000000795. The van der Waals surface area contributed by atoms with Gasteiger partial charge in [-0.1, -0.05) is 170 Å². The smallest absolute Gasteiger partial charge is 0.0533 e. The van der Waals surface area contributed by atoms with E-state index in [9.17, 15) is 0 Å². The molecule has 0 saturated heterocycles. The van der Waals surface area contributed by atoms with E-state index in [-0.39, 0.29) is 0 Å². The van der Waals surface area contributed by atoms with Gasteiger partial charge in [-0.2, -0.15) is 0 Å². The van der Waals surface area contributed by atoms with Crippen LogP contribution in [0, 0.1) is 0 Å². The summed E-state index contributed by atoms with van der Waals surface area (Å²) in [5.41, 5.74) is 0. The zero-order valence-corrected chi connectivity index (χ0v) is 20.1. The van der Waals surface area contributed by atoms with E-state index >= 15 is 0 Å². The quantitative estimate of drug-likeness (QED) is 0.397. The largest absolute Gasteiger partial charge is 0.0683 e. The van der Waals surface area contributed by atoms with Crippen LogP contribution in [0.1, 0.15) is 170 Å². The van der Waals surface area contributed by atoms with Crippen molar-refractivity contribution in [2.45, 2.75) is 170 Å². The summed E-state index contributed by atoms with van der Waals surface area (Å²) in [6, 6.07) is 0. The lowest BCUT2D eigenvalue weighted by atomic mass is 10.0. The number of hydrogen-bond acceptors (Lipinski definition) is 0. The van der Waals surface area contributed by atoms with Crippen LogP contribution in [0.5, 0.6) is 0 Å². The third-order valence-corrected chi connectivity index (χ3v) is 5.00. The van der Waals surface area contributed by atoms with E-state index in [0.29, 0.717) is 0 Å². The minimum Gasteiger partial charge on any atom is -0.0683 e. The van der Waals surface area contributed by atoms with E-state index in [1.165, 1.54) is 128 Å². The maximum absolute atomic E-state index is 2.00. The first kappa shape index (κ1) is 30.7. The maximum Gasteiger partial charge on any atom is -0.0533 e. The van der Waals surface area contributed by atoms with Crippen molar-refractivity contribution >= 4 is 0 Å². The molecule has 0 heterocycles. The summed E-state index contributed by atoms with van der Waals surface area (Å²) in [6.45, 7) is 12.0. The summed E-state index contributed by atoms with van der Waals surface area (Å²) in [5.74, 6) is 0. The Morgan fingerprint density at radius 1 is 0.154 bits per heavy atom. The summed E-state index contributed by atoms with van der Waals surface area (Å²) in [6.07, 6.45) is 30.0. The molecule has 0 spiro atoms. The highest BCUT2D eigenvalue weighted by Crippen LogP contribution is 2.16. The van der Waals surface area contributed by atoms with Crippen molar-refractivity contribution in [2.75, 3.05) is 0 Å². The van der Waals surface area contributed by atoms with Crippen LogP contribution in [-0.4, -0.2) is 0 Å². The Kier molecular flexibility index (Phi) is 42.5. The van der Waals surface area contributed by atoms with Crippen LogP contribution in [0.3, 0.4) is 0 Å². The van der Waals surface area contributed by atoms with Gasteiger partial charge in [0.1, 0.15) is 0 Å². The normalized spacial score (nSPS) is 19.2. The molecule has 26 heavy (non-hydrogen) atoms. The fourth-order valence-corrected chi connectivity index (χ4v) is 3.54. The maximum atomic E-state index is 2.00. The predicted octanol–water partition coefficient (Wildman–Crippen LogP) is 10.9. The van der Waals surface area contributed by atoms with Gasteiger partial charge in [-0.15, -0.1) is 0 Å². The molecule has 0 N–H and O–H groups in total. The highest BCUT2D eigenvalue weighted by Gasteiger charge is 1.96. The molecule has 1 saturated carbocycles. The van der Waals surface area contributed by atoms with Crippen molar-refractivity contribution in [2.24, 2.45) is 0 Å². The van der Waals surface area contributed by atoms with Crippen molar-refractivity contribution < 1.29 is 0 Å². The van der Waals surface area contributed by atoms with Gasteiger partial charge in [-0.05, 0) is 0 Å². The summed E-state index contributed by atoms with van der Waals surface area (Å²) < 4.78 is 0. The summed E-state index contributed by atoms with van der Waals surface area (Å²) >= 11 is 0. The predicted molar refractivity (Wildman–Crippen MR) is 126 cm³/mol. The van der Waals surface area contributed by atoms with Crippen LogP contribution in [0.2, 0.25) is 0 Å². The molecule has 0 aliphatic heterocycles. The molecule has 0 aromatic heterocycles. The highest BCUT2D eigenvalue weighted by atomic mass is 14.0. The third-order valence-electron chi connectivity index (χ3n) is 5.00. The van der Waals surface area contributed by atoms with Gasteiger partial charge in [0.2, 0.25) is 0 Å². The minimum atomic E-state index is 1.50. The molecule has 0 amide bonds. The van der Waals surface area contributed by atoms with E-state index in [4.69, 9.17) is 0 Å². The Labute approximate surface area is 170 Å².